The Kier molecular flexibility index (Phi) is 5.10. The first-order chi connectivity index (χ1) is 8.25. The molecule has 0 amide bonds. The second-order valence-corrected chi connectivity index (χ2v) is 5.17. The van der Waals surface area contributed by atoms with Gasteiger partial charge in [0.25, 0.3) is 0 Å². The maximum atomic E-state index is 5.87. The van der Waals surface area contributed by atoms with E-state index in [1.165, 1.54) is 0 Å². The predicted octanol–water partition coefficient (Wildman–Crippen LogP) is 2.81. The number of benzene rings is 1. The van der Waals surface area contributed by atoms with Gasteiger partial charge in [-0.2, -0.15) is 0 Å². The number of hydrogen-bond donors (Lipinski definition) is 0. The van der Waals surface area contributed by atoms with Crippen molar-refractivity contribution in [2.24, 2.45) is 0 Å². The summed E-state index contributed by atoms with van der Waals surface area (Å²) in [6.45, 7) is 5.24. The molecule has 94 valence electrons. The number of nitrogens with zero attached hydrogens (tertiary/aromatic N) is 1. The van der Waals surface area contributed by atoms with Crippen molar-refractivity contribution in [2.75, 3.05) is 39.5 Å². The van der Waals surface area contributed by atoms with E-state index in [-0.39, 0.29) is 0 Å². The Bertz CT molecular complexity index is 370. The summed E-state index contributed by atoms with van der Waals surface area (Å²) in [5.74, 6) is 0.836. The summed E-state index contributed by atoms with van der Waals surface area (Å²) in [4.78, 5) is 2.34. The molecular weight excluding hydrogens is 305 g/mol. The molecule has 0 saturated carbocycles. The molecule has 1 fully saturated rings. The molecule has 17 heavy (non-hydrogen) atoms. The molecule has 0 N–H and O–H groups in total. The van der Waals surface area contributed by atoms with Crippen LogP contribution in [0.5, 0.6) is 5.75 Å². The summed E-state index contributed by atoms with van der Waals surface area (Å²) < 4.78 is 11.9. The van der Waals surface area contributed by atoms with Gasteiger partial charge in [0.1, 0.15) is 12.4 Å². The molecule has 1 aromatic rings. The highest BCUT2D eigenvalue weighted by Crippen LogP contribution is 2.27. The molecule has 0 aliphatic carbocycles. The van der Waals surface area contributed by atoms with Crippen LogP contribution in [0.3, 0.4) is 0 Å². The van der Waals surface area contributed by atoms with Crippen molar-refractivity contribution in [1.82, 2.24) is 4.90 Å². The van der Waals surface area contributed by atoms with Crippen molar-refractivity contribution in [1.29, 1.82) is 0 Å². The molecule has 0 radical (unpaired) electrons. The van der Waals surface area contributed by atoms with Crippen molar-refractivity contribution >= 4 is 27.5 Å². The fraction of sp³-hybridized carbons (Fsp3) is 0.500. The van der Waals surface area contributed by atoms with Crippen molar-refractivity contribution < 1.29 is 9.47 Å². The highest BCUT2D eigenvalue weighted by Gasteiger charge is 2.10. The second kappa shape index (κ2) is 6.59. The van der Waals surface area contributed by atoms with Gasteiger partial charge in [-0.3, -0.25) is 4.90 Å². The molecule has 0 atom stereocenters. The zero-order valence-electron chi connectivity index (χ0n) is 9.49. The molecule has 1 aliphatic heterocycles. The maximum absolute atomic E-state index is 5.87. The molecule has 5 heteroatoms. The van der Waals surface area contributed by atoms with E-state index >= 15 is 0 Å². The first-order valence-corrected chi connectivity index (χ1v) is 6.81. The van der Waals surface area contributed by atoms with Gasteiger partial charge in [0.15, 0.2) is 0 Å². The average molecular weight is 321 g/mol. The Balaban J connectivity index is 1.77. The minimum atomic E-state index is 0.681. The topological polar surface area (TPSA) is 21.7 Å². The summed E-state index contributed by atoms with van der Waals surface area (Å²) in [5.41, 5.74) is 0. The first kappa shape index (κ1) is 13.1. The van der Waals surface area contributed by atoms with Gasteiger partial charge in [-0.1, -0.05) is 11.6 Å². The van der Waals surface area contributed by atoms with Crippen LogP contribution in [-0.4, -0.2) is 44.4 Å². The Hall–Kier alpha value is -0.290. The van der Waals surface area contributed by atoms with Crippen LogP contribution < -0.4 is 4.74 Å². The molecule has 3 nitrogen and oxygen atoms in total. The molecule has 0 bridgehead atoms. The van der Waals surface area contributed by atoms with Crippen molar-refractivity contribution in [3.05, 3.63) is 27.7 Å². The molecule has 0 aromatic heterocycles. The van der Waals surface area contributed by atoms with E-state index < -0.39 is 0 Å². The highest BCUT2D eigenvalue weighted by molar-refractivity contribution is 9.10. The fourth-order valence-electron chi connectivity index (χ4n) is 1.70. The summed E-state index contributed by atoms with van der Waals surface area (Å²) in [6.07, 6.45) is 0. The Morgan fingerprint density at radius 2 is 2.12 bits per heavy atom. The largest absolute Gasteiger partial charge is 0.491 e. The van der Waals surface area contributed by atoms with Gasteiger partial charge in [0, 0.05) is 24.7 Å². The summed E-state index contributed by atoms with van der Waals surface area (Å²) in [6, 6.07) is 5.55. The number of rotatable bonds is 4. The van der Waals surface area contributed by atoms with Crippen LogP contribution in [-0.2, 0) is 4.74 Å². The van der Waals surface area contributed by atoms with Gasteiger partial charge < -0.3 is 9.47 Å². The molecule has 2 rings (SSSR count). The van der Waals surface area contributed by atoms with Crippen LogP contribution in [0.15, 0.2) is 22.7 Å². The molecule has 1 heterocycles. The van der Waals surface area contributed by atoms with Crippen LogP contribution >= 0.6 is 27.5 Å². The molecule has 1 saturated heterocycles. The van der Waals surface area contributed by atoms with E-state index in [0.29, 0.717) is 11.6 Å². The van der Waals surface area contributed by atoms with E-state index in [4.69, 9.17) is 21.1 Å². The molecule has 0 spiro atoms. The van der Waals surface area contributed by atoms with E-state index in [1.54, 1.807) is 0 Å². The average Bonchev–Trinajstić information content (AvgIpc) is 2.33. The van der Waals surface area contributed by atoms with E-state index in [9.17, 15) is 0 Å². The molecular formula is C12H15BrClNO2. The van der Waals surface area contributed by atoms with Crippen molar-refractivity contribution in [2.45, 2.75) is 0 Å². The lowest BCUT2D eigenvalue weighted by Crippen LogP contribution is -2.38. The predicted molar refractivity (Wildman–Crippen MR) is 71.9 cm³/mol. The summed E-state index contributed by atoms with van der Waals surface area (Å²) >= 11 is 9.30. The summed E-state index contributed by atoms with van der Waals surface area (Å²) in [7, 11) is 0. The number of ether oxygens (including phenoxy) is 2. The van der Waals surface area contributed by atoms with E-state index in [0.717, 1.165) is 43.1 Å². The smallest absolute Gasteiger partial charge is 0.133 e. The standard InChI is InChI=1S/C12H15BrClNO2/c13-11-9-10(14)1-2-12(11)17-8-5-15-3-6-16-7-4-15/h1-2,9H,3-8H2. The Morgan fingerprint density at radius 3 is 2.82 bits per heavy atom. The first-order valence-electron chi connectivity index (χ1n) is 5.63. The Morgan fingerprint density at radius 1 is 1.35 bits per heavy atom. The highest BCUT2D eigenvalue weighted by atomic mass is 79.9. The lowest BCUT2D eigenvalue weighted by Gasteiger charge is -2.26. The number of halogens is 2. The van der Waals surface area contributed by atoms with Crippen LogP contribution in [0.4, 0.5) is 0 Å². The minimum Gasteiger partial charge on any atom is -0.491 e. The normalized spacial score (nSPS) is 17.1. The van der Waals surface area contributed by atoms with Gasteiger partial charge >= 0.3 is 0 Å². The van der Waals surface area contributed by atoms with Gasteiger partial charge in [-0.05, 0) is 34.1 Å². The van der Waals surface area contributed by atoms with Crippen molar-refractivity contribution in [3.8, 4) is 5.75 Å². The quantitative estimate of drug-likeness (QED) is 0.851. The fourth-order valence-corrected chi connectivity index (χ4v) is 2.50. The van der Waals surface area contributed by atoms with Gasteiger partial charge in [-0.15, -0.1) is 0 Å². The molecule has 1 aromatic carbocycles. The van der Waals surface area contributed by atoms with E-state index in [2.05, 4.69) is 20.8 Å². The second-order valence-electron chi connectivity index (χ2n) is 3.88. The van der Waals surface area contributed by atoms with Gasteiger partial charge in [-0.25, -0.2) is 0 Å². The van der Waals surface area contributed by atoms with Crippen LogP contribution in [0, 0.1) is 0 Å². The third-order valence-corrected chi connectivity index (χ3v) is 3.52. The lowest BCUT2D eigenvalue weighted by molar-refractivity contribution is 0.0322. The van der Waals surface area contributed by atoms with Crippen LogP contribution in [0.25, 0.3) is 0 Å². The van der Waals surface area contributed by atoms with Gasteiger partial charge in [0.2, 0.25) is 0 Å². The monoisotopic (exact) mass is 319 g/mol. The lowest BCUT2D eigenvalue weighted by atomic mass is 10.3. The number of morpholine rings is 1. The SMILES string of the molecule is Clc1ccc(OCCN2CCOCC2)c(Br)c1. The number of hydrogen-bond acceptors (Lipinski definition) is 3. The van der Waals surface area contributed by atoms with Crippen molar-refractivity contribution in [3.63, 3.8) is 0 Å². The maximum Gasteiger partial charge on any atom is 0.133 e. The molecule has 0 unspecified atom stereocenters. The van der Waals surface area contributed by atoms with Crippen LogP contribution in [0.2, 0.25) is 5.02 Å². The van der Waals surface area contributed by atoms with E-state index in [1.807, 2.05) is 18.2 Å². The Labute approximate surface area is 115 Å². The van der Waals surface area contributed by atoms with Gasteiger partial charge in [0.05, 0.1) is 17.7 Å². The minimum absolute atomic E-state index is 0.681. The third kappa shape index (κ3) is 4.14. The molecule has 1 aliphatic rings. The zero-order valence-corrected chi connectivity index (χ0v) is 11.8. The van der Waals surface area contributed by atoms with Crippen LogP contribution in [0.1, 0.15) is 0 Å². The zero-order chi connectivity index (χ0) is 12.1. The summed E-state index contributed by atoms with van der Waals surface area (Å²) in [5, 5.41) is 0.706. The third-order valence-electron chi connectivity index (χ3n) is 2.66.